The van der Waals surface area contributed by atoms with Crippen LogP contribution in [-0.2, 0) is 16.6 Å². The molecule has 32 heavy (non-hydrogen) atoms. The van der Waals surface area contributed by atoms with Crippen molar-refractivity contribution in [1.29, 1.82) is 0 Å². The Morgan fingerprint density at radius 3 is 2.47 bits per heavy atom. The number of nitrogens with one attached hydrogen (secondary N) is 2. The van der Waals surface area contributed by atoms with E-state index in [1.165, 1.54) is 17.1 Å². The Labute approximate surface area is 197 Å². The highest BCUT2D eigenvalue weighted by Gasteiger charge is 2.16. The quantitative estimate of drug-likeness (QED) is 0.507. The van der Waals surface area contributed by atoms with Gasteiger partial charge >= 0.3 is 0 Å². The molecule has 0 radical (unpaired) electrons. The summed E-state index contributed by atoms with van der Waals surface area (Å²) in [7, 11) is -3.61. The van der Waals surface area contributed by atoms with Gasteiger partial charge in [-0.2, -0.15) is 11.8 Å². The minimum Gasteiger partial charge on any atom is -0.322 e. The first kappa shape index (κ1) is 22.8. The van der Waals surface area contributed by atoms with Gasteiger partial charge in [0.25, 0.3) is 15.9 Å². The Balaban J connectivity index is 1.38. The third-order valence-corrected chi connectivity index (χ3v) is 8.93. The third-order valence-electron chi connectivity index (χ3n) is 5.21. The molecule has 1 aliphatic rings. The zero-order valence-electron chi connectivity index (χ0n) is 17.7. The fourth-order valence-electron chi connectivity index (χ4n) is 3.49. The van der Waals surface area contributed by atoms with Gasteiger partial charge in [-0.3, -0.25) is 14.4 Å². The summed E-state index contributed by atoms with van der Waals surface area (Å²) >= 11 is 3.15. The van der Waals surface area contributed by atoms with Crippen molar-refractivity contribution in [2.45, 2.75) is 17.7 Å². The first-order valence-corrected chi connectivity index (χ1v) is 13.8. The van der Waals surface area contributed by atoms with Gasteiger partial charge < -0.3 is 5.32 Å². The molecule has 6 nitrogen and oxygen atoms in total. The molecule has 0 bridgehead atoms. The van der Waals surface area contributed by atoms with Crippen molar-refractivity contribution >= 4 is 50.4 Å². The van der Waals surface area contributed by atoms with E-state index in [0.29, 0.717) is 11.3 Å². The van der Waals surface area contributed by atoms with E-state index in [9.17, 15) is 13.2 Å². The van der Waals surface area contributed by atoms with Crippen LogP contribution in [0.3, 0.4) is 0 Å². The van der Waals surface area contributed by atoms with Crippen LogP contribution >= 0.6 is 23.1 Å². The van der Waals surface area contributed by atoms with Crippen molar-refractivity contribution in [3.63, 3.8) is 0 Å². The molecule has 168 valence electrons. The number of hydrogen-bond donors (Lipinski definition) is 2. The van der Waals surface area contributed by atoms with E-state index in [1.807, 2.05) is 24.8 Å². The molecule has 3 aromatic rings. The molecule has 0 unspecified atom stereocenters. The summed E-state index contributed by atoms with van der Waals surface area (Å²) < 4.78 is 27.4. The van der Waals surface area contributed by atoms with Crippen molar-refractivity contribution in [3.05, 3.63) is 76.7 Å². The summed E-state index contributed by atoms with van der Waals surface area (Å²) in [6.07, 6.45) is 0. The Morgan fingerprint density at radius 2 is 1.81 bits per heavy atom. The van der Waals surface area contributed by atoms with Crippen LogP contribution in [0.25, 0.3) is 0 Å². The van der Waals surface area contributed by atoms with Gasteiger partial charge in [0.1, 0.15) is 4.21 Å². The fraction of sp³-hybridized carbons (Fsp3) is 0.261. The lowest BCUT2D eigenvalue weighted by atomic mass is 10.1. The van der Waals surface area contributed by atoms with Crippen LogP contribution in [0.4, 0.5) is 11.4 Å². The van der Waals surface area contributed by atoms with Crippen molar-refractivity contribution in [2.24, 2.45) is 0 Å². The highest BCUT2D eigenvalue weighted by atomic mass is 32.2. The third kappa shape index (κ3) is 5.72. The largest absolute Gasteiger partial charge is 0.322 e. The maximum Gasteiger partial charge on any atom is 0.271 e. The molecule has 1 aromatic heterocycles. The van der Waals surface area contributed by atoms with Crippen molar-refractivity contribution < 1.29 is 13.2 Å². The average molecular weight is 488 g/mol. The number of carbonyl (C=O) groups excluding carboxylic acids is 1. The second-order valence-corrected chi connectivity index (χ2v) is 11.7. The van der Waals surface area contributed by atoms with Crippen LogP contribution in [0.5, 0.6) is 0 Å². The molecule has 9 heteroatoms. The standard InChI is InChI=1S/C23H25N3O3S3/c1-17-15-18(16-26-10-13-30-14-11-26)4-9-21(17)24-23(27)19-5-7-20(8-6-19)25-32(28,29)22-3-2-12-31-22/h2-9,12,15,25H,10-11,13-14,16H2,1H3,(H,24,27). The molecule has 2 N–H and O–H groups in total. The smallest absolute Gasteiger partial charge is 0.271 e. The number of carbonyl (C=O) groups is 1. The Kier molecular flexibility index (Phi) is 7.20. The second kappa shape index (κ2) is 10.1. The monoisotopic (exact) mass is 487 g/mol. The van der Waals surface area contributed by atoms with Crippen LogP contribution in [0.15, 0.2) is 64.2 Å². The van der Waals surface area contributed by atoms with E-state index < -0.39 is 10.0 Å². The Hall–Kier alpha value is -2.33. The minimum absolute atomic E-state index is 0.235. The summed E-state index contributed by atoms with van der Waals surface area (Å²) in [4.78, 5) is 15.1. The number of thioether (sulfide) groups is 1. The normalized spacial score (nSPS) is 14.8. The molecule has 1 saturated heterocycles. The maximum atomic E-state index is 12.7. The lowest BCUT2D eigenvalue weighted by Gasteiger charge is -2.26. The SMILES string of the molecule is Cc1cc(CN2CCSCC2)ccc1NC(=O)c1ccc(NS(=O)(=O)c2cccs2)cc1. The number of thiophene rings is 1. The molecule has 4 rings (SSSR count). The van der Waals surface area contributed by atoms with E-state index in [1.54, 1.807) is 41.8 Å². The van der Waals surface area contributed by atoms with Crippen LogP contribution in [0.1, 0.15) is 21.5 Å². The number of sulfonamides is 1. The molecular weight excluding hydrogens is 462 g/mol. The predicted molar refractivity (Wildman–Crippen MR) is 133 cm³/mol. The zero-order valence-corrected chi connectivity index (χ0v) is 20.2. The van der Waals surface area contributed by atoms with Gasteiger partial charge in [-0.25, -0.2) is 8.42 Å². The van der Waals surface area contributed by atoms with Gasteiger partial charge in [0.15, 0.2) is 0 Å². The molecule has 2 aromatic carbocycles. The van der Waals surface area contributed by atoms with Crippen LogP contribution < -0.4 is 10.0 Å². The number of nitrogens with zero attached hydrogens (tertiary/aromatic N) is 1. The highest BCUT2D eigenvalue weighted by Crippen LogP contribution is 2.22. The molecular formula is C23H25N3O3S3. The van der Waals surface area contributed by atoms with E-state index in [4.69, 9.17) is 0 Å². The second-order valence-electron chi connectivity index (χ2n) is 7.61. The zero-order chi connectivity index (χ0) is 22.6. The molecule has 1 fully saturated rings. The highest BCUT2D eigenvalue weighted by molar-refractivity contribution is 7.99. The summed E-state index contributed by atoms with van der Waals surface area (Å²) in [5.74, 6) is 2.13. The number of hydrogen-bond acceptors (Lipinski definition) is 6. The molecule has 0 atom stereocenters. The minimum atomic E-state index is -3.61. The molecule has 1 amide bonds. The first-order chi connectivity index (χ1) is 15.4. The molecule has 2 heterocycles. The van der Waals surface area contributed by atoms with Gasteiger partial charge in [-0.05, 0) is 59.8 Å². The molecule has 0 saturated carbocycles. The Bertz CT molecular complexity index is 1170. The fourth-order valence-corrected chi connectivity index (χ4v) is 6.52. The van der Waals surface area contributed by atoms with Gasteiger partial charge in [0.05, 0.1) is 0 Å². The van der Waals surface area contributed by atoms with E-state index in [2.05, 4.69) is 27.1 Å². The Morgan fingerprint density at radius 1 is 1.06 bits per heavy atom. The van der Waals surface area contributed by atoms with E-state index in [0.717, 1.165) is 42.2 Å². The maximum absolute atomic E-state index is 12.7. The van der Waals surface area contributed by atoms with Crippen LogP contribution in [0.2, 0.25) is 0 Å². The van der Waals surface area contributed by atoms with Gasteiger partial charge in [0.2, 0.25) is 0 Å². The molecule has 1 aliphatic heterocycles. The van der Waals surface area contributed by atoms with Gasteiger partial charge in [-0.15, -0.1) is 11.3 Å². The van der Waals surface area contributed by atoms with Crippen molar-refractivity contribution in [1.82, 2.24) is 4.90 Å². The lowest BCUT2D eigenvalue weighted by Crippen LogP contribution is -2.31. The topological polar surface area (TPSA) is 78.5 Å². The summed E-state index contributed by atoms with van der Waals surface area (Å²) in [6.45, 7) is 5.15. The number of anilines is 2. The summed E-state index contributed by atoms with van der Waals surface area (Å²) in [5.41, 5.74) is 3.90. The molecule has 0 spiro atoms. The number of aryl methyl sites for hydroxylation is 1. The van der Waals surface area contributed by atoms with Crippen molar-refractivity contribution in [3.8, 4) is 0 Å². The number of benzene rings is 2. The van der Waals surface area contributed by atoms with Gasteiger partial charge in [0, 0.05) is 48.1 Å². The summed E-state index contributed by atoms with van der Waals surface area (Å²) in [5, 5.41) is 4.67. The average Bonchev–Trinajstić information content (AvgIpc) is 3.33. The number of rotatable bonds is 7. The van der Waals surface area contributed by atoms with Crippen molar-refractivity contribution in [2.75, 3.05) is 34.6 Å². The van der Waals surface area contributed by atoms with E-state index in [-0.39, 0.29) is 10.1 Å². The van der Waals surface area contributed by atoms with E-state index >= 15 is 0 Å². The summed E-state index contributed by atoms with van der Waals surface area (Å²) in [6, 6.07) is 15.8. The van der Waals surface area contributed by atoms with Crippen LogP contribution in [0, 0.1) is 6.92 Å². The number of amides is 1. The van der Waals surface area contributed by atoms with Gasteiger partial charge in [-0.1, -0.05) is 18.2 Å². The van der Waals surface area contributed by atoms with Crippen LogP contribution in [-0.4, -0.2) is 43.8 Å². The first-order valence-electron chi connectivity index (χ1n) is 10.3. The predicted octanol–water partition coefficient (Wildman–Crippen LogP) is 4.66. The molecule has 0 aliphatic carbocycles. The lowest BCUT2D eigenvalue weighted by molar-refractivity contribution is 0.102.